The number of nitrogens with zero attached hydrogens (tertiary/aromatic N) is 2. The van der Waals surface area contributed by atoms with Gasteiger partial charge in [-0.05, 0) is 38.5 Å². The normalized spacial score (nSPS) is 14.8. The first-order valence-corrected chi connectivity index (χ1v) is 6.63. The predicted octanol–water partition coefficient (Wildman–Crippen LogP) is 2.72. The van der Waals surface area contributed by atoms with Crippen LogP contribution in [0.5, 0.6) is 0 Å². The molecule has 2 heterocycles. The summed E-state index contributed by atoms with van der Waals surface area (Å²) in [7, 11) is 0. The molecule has 2 aromatic rings. The third-order valence-corrected chi connectivity index (χ3v) is 4.08. The summed E-state index contributed by atoms with van der Waals surface area (Å²) in [6.45, 7) is 6.83. The summed E-state index contributed by atoms with van der Waals surface area (Å²) >= 11 is 1.65. The van der Waals surface area contributed by atoms with Crippen molar-refractivity contribution in [3.63, 3.8) is 0 Å². The van der Waals surface area contributed by atoms with Crippen molar-refractivity contribution in [2.75, 3.05) is 0 Å². The van der Waals surface area contributed by atoms with Gasteiger partial charge in [0.2, 0.25) is 0 Å². The molecule has 0 saturated heterocycles. The topological polar surface area (TPSA) is 38.0 Å². The molecule has 0 aliphatic carbocycles. The SMILES string of the molecule is CCn1cc(CC(C)(O)c2ccc(C)s2)cn1. The molecule has 92 valence electrons. The van der Waals surface area contributed by atoms with Crippen LogP contribution in [0.25, 0.3) is 0 Å². The van der Waals surface area contributed by atoms with Crippen LogP contribution in [-0.2, 0) is 18.6 Å². The molecule has 17 heavy (non-hydrogen) atoms. The van der Waals surface area contributed by atoms with Gasteiger partial charge < -0.3 is 5.11 Å². The summed E-state index contributed by atoms with van der Waals surface area (Å²) in [5, 5.41) is 14.7. The number of aromatic nitrogens is 2. The van der Waals surface area contributed by atoms with E-state index in [1.165, 1.54) is 4.88 Å². The molecular formula is C13H18N2OS. The molecule has 2 aromatic heterocycles. The summed E-state index contributed by atoms with van der Waals surface area (Å²) in [4.78, 5) is 2.24. The highest BCUT2D eigenvalue weighted by atomic mass is 32.1. The van der Waals surface area contributed by atoms with Crippen LogP contribution in [-0.4, -0.2) is 14.9 Å². The molecule has 0 aromatic carbocycles. The molecule has 1 atom stereocenters. The third-order valence-electron chi connectivity index (χ3n) is 2.83. The standard InChI is InChI=1S/C13H18N2OS/c1-4-15-9-11(8-14-15)7-13(3,16)12-6-5-10(2)17-12/h5-6,8-9,16H,4,7H2,1-3H3. The number of aliphatic hydroxyl groups is 1. The summed E-state index contributed by atoms with van der Waals surface area (Å²) in [5.74, 6) is 0. The fraction of sp³-hybridized carbons (Fsp3) is 0.462. The highest BCUT2D eigenvalue weighted by Gasteiger charge is 2.25. The number of hydrogen-bond acceptors (Lipinski definition) is 3. The van der Waals surface area contributed by atoms with Gasteiger partial charge in [0.05, 0.1) is 6.20 Å². The monoisotopic (exact) mass is 250 g/mol. The van der Waals surface area contributed by atoms with Gasteiger partial charge in [-0.1, -0.05) is 0 Å². The number of rotatable bonds is 4. The molecule has 0 aliphatic rings. The first-order chi connectivity index (χ1) is 8.01. The fourth-order valence-electron chi connectivity index (χ4n) is 1.88. The maximum Gasteiger partial charge on any atom is 0.100 e. The lowest BCUT2D eigenvalue weighted by molar-refractivity contribution is 0.0615. The highest BCUT2D eigenvalue weighted by Crippen LogP contribution is 2.30. The van der Waals surface area contributed by atoms with Crippen molar-refractivity contribution in [3.05, 3.63) is 39.8 Å². The minimum absolute atomic E-state index is 0.604. The zero-order chi connectivity index (χ0) is 12.5. The summed E-state index contributed by atoms with van der Waals surface area (Å²) in [6.07, 6.45) is 4.43. The van der Waals surface area contributed by atoms with Crippen LogP contribution in [0.1, 0.15) is 29.2 Å². The number of aryl methyl sites for hydroxylation is 2. The van der Waals surface area contributed by atoms with Crippen molar-refractivity contribution in [3.8, 4) is 0 Å². The molecule has 0 fully saturated rings. The second-order valence-corrected chi connectivity index (χ2v) is 5.85. The lowest BCUT2D eigenvalue weighted by Crippen LogP contribution is -2.22. The fourth-order valence-corrected chi connectivity index (χ4v) is 2.79. The predicted molar refractivity (Wildman–Crippen MR) is 70.2 cm³/mol. The van der Waals surface area contributed by atoms with Gasteiger partial charge in [-0.15, -0.1) is 11.3 Å². The smallest absolute Gasteiger partial charge is 0.100 e. The Morgan fingerprint density at radius 3 is 2.76 bits per heavy atom. The molecule has 3 nitrogen and oxygen atoms in total. The molecule has 2 rings (SSSR count). The maximum absolute atomic E-state index is 10.5. The average Bonchev–Trinajstić information content (AvgIpc) is 2.86. The van der Waals surface area contributed by atoms with E-state index >= 15 is 0 Å². The van der Waals surface area contributed by atoms with E-state index in [4.69, 9.17) is 0 Å². The second kappa shape index (κ2) is 4.63. The molecule has 1 unspecified atom stereocenters. The Balaban J connectivity index is 2.16. The van der Waals surface area contributed by atoms with E-state index in [0.29, 0.717) is 6.42 Å². The second-order valence-electron chi connectivity index (χ2n) is 4.57. The van der Waals surface area contributed by atoms with Gasteiger partial charge in [-0.25, -0.2) is 0 Å². The molecule has 0 saturated carbocycles. The van der Waals surface area contributed by atoms with E-state index < -0.39 is 5.60 Å². The van der Waals surface area contributed by atoms with Gasteiger partial charge in [0.25, 0.3) is 0 Å². The van der Waals surface area contributed by atoms with Crippen LogP contribution < -0.4 is 0 Å². The maximum atomic E-state index is 10.5. The largest absolute Gasteiger partial charge is 0.384 e. The summed E-state index contributed by atoms with van der Waals surface area (Å²) in [6, 6.07) is 4.05. The first-order valence-electron chi connectivity index (χ1n) is 5.82. The number of thiophene rings is 1. The summed E-state index contributed by atoms with van der Waals surface area (Å²) < 4.78 is 1.88. The number of hydrogen-bond donors (Lipinski definition) is 1. The Kier molecular flexibility index (Phi) is 3.35. The van der Waals surface area contributed by atoms with Crippen LogP contribution in [0.15, 0.2) is 24.5 Å². The molecule has 1 N–H and O–H groups in total. The first kappa shape index (κ1) is 12.3. The minimum Gasteiger partial charge on any atom is -0.384 e. The zero-order valence-electron chi connectivity index (χ0n) is 10.5. The Bertz CT molecular complexity index is 499. The van der Waals surface area contributed by atoms with E-state index in [0.717, 1.165) is 17.0 Å². The molecule has 0 spiro atoms. The van der Waals surface area contributed by atoms with E-state index in [1.807, 2.05) is 36.1 Å². The third kappa shape index (κ3) is 2.76. The molecule has 0 amide bonds. The lowest BCUT2D eigenvalue weighted by Gasteiger charge is -2.20. The van der Waals surface area contributed by atoms with Crippen LogP contribution >= 0.6 is 11.3 Å². The van der Waals surface area contributed by atoms with Crippen molar-refractivity contribution < 1.29 is 5.11 Å². The van der Waals surface area contributed by atoms with Gasteiger partial charge in [0, 0.05) is 28.9 Å². The van der Waals surface area contributed by atoms with Crippen LogP contribution in [0, 0.1) is 6.92 Å². The Morgan fingerprint density at radius 1 is 1.47 bits per heavy atom. The van der Waals surface area contributed by atoms with E-state index in [9.17, 15) is 5.11 Å². The zero-order valence-corrected chi connectivity index (χ0v) is 11.3. The van der Waals surface area contributed by atoms with Gasteiger partial charge in [0.1, 0.15) is 5.60 Å². The van der Waals surface area contributed by atoms with Gasteiger partial charge in [-0.3, -0.25) is 4.68 Å². The Labute approximate surface area is 106 Å². The Morgan fingerprint density at radius 2 is 2.24 bits per heavy atom. The molecule has 0 aliphatic heterocycles. The Hall–Kier alpha value is -1.13. The van der Waals surface area contributed by atoms with E-state index in [-0.39, 0.29) is 0 Å². The van der Waals surface area contributed by atoms with Gasteiger partial charge in [-0.2, -0.15) is 5.10 Å². The highest BCUT2D eigenvalue weighted by molar-refractivity contribution is 7.12. The van der Waals surface area contributed by atoms with Crippen molar-refractivity contribution in [2.45, 2.75) is 39.3 Å². The van der Waals surface area contributed by atoms with E-state index in [2.05, 4.69) is 18.9 Å². The summed E-state index contributed by atoms with van der Waals surface area (Å²) in [5.41, 5.74) is 0.267. The van der Waals surface area contributed by atoms with Gasteiger partial charge in [0.15, 0.2) is 0 Å². The van der Waals surface area contributed by atoms with Crippen LogP contribution in [0.3, 0.4) is 0 Å². The van der Waals surface area contributed by atoms with E-state index in [1.54, 1.807) is 11.3 Å². The van der Waals surface area contributed by atoms with Crippen LogP contribution in [0.2, 0.25) is 0 Å². The minimum atomic E-state index is -0.805. The van der Waals surface area contributed by atoms with Crippen LogP contribution in [0.4, 0.5) is 0 Å². The molecular weight excluding hydrogens is 232 g/mol. The average molecular weight is 250 g/mol. The molecule has 4 heteroatoms. The van der Waals surface area contributed by atoms with Crippen molar-refractivity contribution in [2.24, 2.45) is 0 Å². The lowest BCUT2D eigenvalue weighted by atomic mass is 9.97. The van der Waals surface area contributed by atoms with Gasteiger partial charge >= 0.3 is 0 Å². The van der Waals surface area contributed by atoms with Crippen molar-refractivity contribution >= 4 is 11.3 Å². The molecule has 0 bridgehead atoms. The molecule has 0 radical (unpaired) electrons. The van der Waals surface area contributed by atoms with Crippen molar-refractivity contribution in [1.29, 1.82) is 0 Å². The quantitative estimate of drug-likeness (QED) is 0.906. The van der Waals surface area contributed by atoms with Crippen molar-refractivity contribution in [1.82, 2.24) is 9.78 Å².